The Balaban J connectivity index is 1.38. The number of carboxylic acids is 1. The molecule has 3 N–H and O–H groups in total. The minimum atomic E-state index is -1.03. The second kappa shape index (κ2) is 14.3. The highest BCUT2D eigenvalue weighted by Gasteiger charge is 2.25. The number of carbonyl (C=O) groups excluding carboxylic acids is 3. The zero-order valence-electron chi connectivity index (χ0n) is 24.3. The molecule has 4 aromatic rings. The Bertz CT molecular complexity index is 1720. The molecule has 1 saturated heterocycles. The number of hydrogen-bond donors (Lipinski definition) is 3. The van der Waals surface area contributed by atoms with E-state index in [1.165, 1.54) is 11.3 Å². The molecule has 1 aliphatic heterocycles. The van der Waals surface area contributed by atoms with Crippen molar-refractivity contribution in [2.45, 2.75) is 18.9 Å². The summed E-state index contributed by atoms with van der Waals surface area (Å²) in [7, 11) is 0. The van der Waals surface area contributed by atoms with Gasteiger partial charge in [-0.2, -0.15) is 5.26 Å². The number of carbonyl (C=O) groups is 4. The van der Waals surface area contributed by atoms with Crippen LogP contribution >= 0.6 is 11.3 Å². The summed E-state index contributed by atoms with van der Waals surface area (Å²) in [6.45, 7) is 2.07. The third-order valence-electron chi connectivity index (χ3n) is 7.50. The topological polar surface area (TPSA) is 143 Å². The van der Waals surface area contributed by atoms with Crippen molar-refractivity contribution in [3.63, 3.8) is 0 Å². The molecule has 0 radical (unpaired) electrons. The monoisotopic (exact) mass is 621 g/mol. The number of aliphatic carboxylic acids is 1. The number of benzene rings is 3. The second-order valence-corrected chi connectivity index (χ2v) is 11.5. The van der Waals surface area contributed by atoms with Gasteiger partial charge in [-0.25, -0.2) is 0 Å². The number of carboxylic acid groups (broad SMARTS) is 1. The average Bonchev–Trinajstić information content (AvgIpc) is 3.49. The molecule has 0 aliphatic carbocycles. The third kappa shape index (κ3) is 7.74. The number of hydrogen-bond acceptors (Lipinski definition) is 7. The number of amides is 3. The van der Waals surface area contributed by atoms with Crippen LogP contribution < -0.4 is 15.5 Å². The van der Waals surface area contributed by atoms with E-state index in [0.29, 0.717) is 60.7 Å². The van der Waals surface area contributed by atoms with E-state index in [2.05, 4.69) is 21.6 Å². The molecule has 1 unspecified atom stereocenters. The van der Waals surface area contributed by atoms with Crippen molar-refractivity contribution in [2.24, 2.45) is 0 Å². The number of nitrogens with zero attached hydrogens (tertiary/aromatic N) is 3. The molecule has 3 aromatic carbocycles. The highest BCUT2D eigenvalue weighted by Crippen LogP contribution is 2.30. The fourth-order valence-electron chi connectivity index (χ4n) is 5.20. The van der Waals surface area contributed by atoms with Crippen LogP contribution in [0.25, 0.3) is 0 Å². The minimum Gasteiger partial charge on any atom is -0.481 e. The maximum absolute atomic E-state index is 13.4. The summed E-state index contributed by atoms with van der Waals surface area (Å²) in [5, 5.41) is 26.1. The highest BCUT2D eigenvalue weighted by molar-refractivity contribution is 7.10. The summed E-state index contributed by atoms with van der Waals surface area (Å²) in [4.78, 5) is 55.9. The van der Waals surface area contributed by atoms with Crippen molar-refractivity contribution in [1.82, 2.24) is 10.2 Å². The van der Waals surface area contributed by atoms with Gasteiger partial charge in [-0.15, -0.1) is 11.3 Å². The largest absolute Gasteiger partial charge is 0.481 e. The Kier molecular flexibility index (Phi) is 9.87. The van der Waals surface area contributed by atoms with Crippen LogP contribution in [-0.4, -0.2) is 59.9 Å². The van der Waals surface area contributed by atoms with Crippen molar-refractivity contribution < 1.29 is 24.3 Å². The SMILES string of the molecule is N#Cc1ccc(C(=O)N2CCCN(c3ccc(C(=O)NC(CC(=O)O)c4cccs4)cc3NC(=O)c3ccccc3)CC2)cc1. The van der Waals surface area contributed by atoms with Gasteiger partial charge in [0.15, 0.2) is 0 Å². The number of thiophene rings is 1. The zero-order chi connectivity index (χ0) is 31.8. The maximum Gasteiger partial charge on any atom is 0.305 e. The summed E-state index contributed by atoms with van der Waals surface area (Å²) in [5.74, 6) is -1.96. The Morgan fingerprint density at radius 1 is 0.844 bits per heavy atom. The molecule has 11 heteroatoms. The highest BCUT2D eigenvalue weighted by atomic mass is 32.1. The van der Waals surface area contributed by atoms with Crippen LogP contribution in [0.1, 0.15) is 60.4 Å². The van der Waals surface area contributed by atoms with E-state index < -0.39 is 17.9 Å². The molecular formula is C34H31N5O5S. The lowest BCUT2D eigenvalue weighted by Gasteiger charge is -2.27. The Morgan fingerprint density at radius 2 is 1.60 bits per heavy atom. The van der Waals surface area contributed by atoms with Crippen molar-refractivity contribution in [2.75, 3.05) is 36.4 Å². The van der Waals surface area contributed by atoms with E-state index in [-0.39, 0.29) is 23.8 Å². The zero-order valence-corrected chi connectivity index (χ0v) is 25.1. The second-order valence-electron chi connectivity index (χ2n) is 10.5. The van der Waals surface area contributed by atoms with E-state index in [0.717, 1.165) is 4.88 Å². The first-order chi connectivity index (χ1) is 21.8. The molecule has 3 amide bonds. The molecule has 228 valence electrons. The third-order valence-corrected chi connectivity index (χ3v) is 8.48. The summed E-state index contributed by atoms with van der Waals surface area (Å²) in [5.41, 5.74) is 2.84. The number of anilines is 2. The van der Waals surface area contributed by atoms with Crippen molar-refractivity contribution >= 4 is 46.4 Å². The first-order valence-electron chi connectivity index (χ1n) is 14.4. The Labute approximate surface area is 264 Å². The Morgan fingerprint density at radius 3 is 2.29 bits per heavy atom. The minimum absolute atomic E-state index is 0.118. The molecule has 0 bridgehead atoms. The molecule has 1 aliphatic rings. The van der Waals surface area contributed by atoms with Crippen molar-refractivity contribution in [3.8, 4) is 6.07 Å². The van der Waals surface area contributed by atoms with Gasteiger partial charge in [0, 0.05) is 47.7 Å². The smallest absolute Gasteiger partial charge is 0.305 e. The molecular weight excluding hydrogens is 590 g/mol. The number of rotatable bonds is 9. The van der Waals surface area contributed by atoms with Crippen molar-refractivity contribution in [1.29, 1.82) is 5.26 Å². The van der Waals surface area contributed by atoms with Gasteiger partial charge in [-0.1, -0.05) is 24.3 Å². The van der Waals surface area contributed by atoms with E-state index in [4.69, 9.17) is 5.26 Å². The van der Waals surface area contributed by atoms with E-state index in [1.54, 1.807) is 83.8 Å². The fourth-order valence-corrected chi connectivity index (χ4v) is 5.97. The molecule has 0 spiro atoms. The first-order valence-corrected chi connectivity index (χ1v) is 15.3. The van der Waals surface area contributed by atoms with Crippen LogP contribution in [0.4, 0.5) is 11.4 Å². The van der Waals surface area contributed by atoms with Crippen LogP contribution in [0.2, 0.25) is 0 Å². The molecule has 0 saturated carbocycles. The van der Waals surface area contributed by atoms with Gasteiger partial charge >= 0.3 is 5.97 Å². The van der Waals surface area contributed by atoms with Crippen LogP contribution in [0.5, 0.6) is 0 Å². The molecule has 1 fully saturated rings. The molecule has 1 atom stereocenters. The predicted octanol–water partition coefficient (Wildman–Crippen LogP) is 5.17. The Hall–Kier alpha value is -5.47. The quantitative estimate of drug-likeness (QED) is 0.234. The van der Waals surface area contributed by atoms with Gasteiger partial charge < -0.3 is 25.5 Å². The van der Waals surface area contributed by atoms with E-state index in [1.807, 2.05) is 11.4 Å². The molecule has 10 nitrogen and oxygen atoms in total. The predicted molar refractivity (Wildman–Crippen MR) is 172 cm³/mol. The van der Waals surface area contributed by atoms with Crippen LogP contribution in [-0.2, 0) is 4.79 Å². The fraction of sp³-hybridized carbons (Fsp3) is 0.206. The van der Waals surface area contributed by atoms with Gasteiger partial charge in [0.25, 0.3) is 17.7 Å². The molecule has 2 heterocycles. The van der Waals surface area contributed by atoms with Gasteiger partial charge in [0.1, 0.15) is 0 Å². The van der Waals surface area contributed by atoms with Gasteiger partial charge in [0.05, 0.1) is 35.5 Å². The summed E-state index contributed by atoms with van der Waals surface area (Å²) >= 11 is 1.36. The lowest BCUT2D eigenvalue weighted by Crippen LogP contribution is -2.35. The van der Waals surface area contributed by atoms with Crippen LogP contribution in [0.3, 0.4) is 0 Å². The van der Waals surface area contributed by atoms with Crippen LogP contribution in [0, 0.1) is 11.3 Å². The van der Waals surface area contributed by atoms with Crippen LogP contribution in [0.15, 0.2) is 90.3 Å². The van der Waals surface area contributed by atoms with Gasteiger partial charge in [0.2, 0.25) is 0 Å². The average molecular weight is 622 g/mol. The summed E-state index contributed by atoms with van der Waals surface area (Å²) in [6.07, 6.45) is 0.404. The van der Waals surface area contributed by atoms with E-state index >= 15 is 0 Å². The van der Waals surface area contributed by atoms with E-state index in [9.17, 15) is 24.3 Å². The van der Waals surface area contributed by atoms with Crippen molar-refractivity contribution in [3.05, 3.63) is 117 Å². The summed E-state index contributed by atoms with van der Waals surface area (Å²) < 4.78 is 0. The normalized spacial score (nSPS) is 13.7. The standard InChI is InChI=1S/C34H31N5O5S/c35-22-23-9-11-25(12-10-23)34(44)39-16-5-15-38(17-18-39)29-14-13-26(20-27(29)36-32(42)24-6-2-1-3-7-24)33(43)37-28(21-31(40)41)30-8-4-19-45-30/h1-4,6-14,19-20,28H,5,15-18,21H2,(H,36,42)(H,37,43)(H,40,41). The summed E-state index contributed by atoms with van der Waals surface area (Å²) in [6, 6.07) is 25.3. The van der Waals surface area contributed by atoms with Gasteiger partial charge in [-0.3, -0.25) is 19.2 Å². The number of nitrogens with one attached hydrogen (secondary N) is 2. The molecule has 1 aromatic heterocycles. The number of nitriles is 1. The maximum atomic E-state index is 13.4. The van der Waals surface area contributed by atoms with Gasteiger partial charge in [-0.05, 0) is 72.5 Å². The molecule has 5 rings (SSSR count). The first kappa shape index (κ1) is 31.0. The lowest BCUT2D eigenvalue weighted by atomic mass is 10.1. The molecule has 45 heavy (non-hydrogen) atoms. The lowest BCUT2D eigenvalue weighted by molar-refractivity contribution is -0.137.